The van der Waals surface area contributed by atoms with E-state index in [0.717, 1.165) is 48.2 Å². The summed E-state index contributed by atoms with van der Waals surface area (Å²) in [6, 6.07) is 30.9. The lowest BCUT2D eigenvalue weighted by atomic mass is 9.68. The van der Waals surface area contributed by atoms with Crippen molar-refractivity contribution in [3.05, 3.63) is 131 Å². The fraction of sp³-hybridized carbons (Fsp3) is 0.438. The van der Waals surface area contributed by atoms with Crippen molar-refractivity contribution >= 4 is 52.0 Å². The number of aryl methyl sites for hydroxylation is 1. The van der Waals surface area contributed by atoms with Crippen molar-refractivity contribution in [2.45, 2.75) is 82.3 Å². The molecule has 5 N–H and O–H groups in total. The Morgan fingerprint density at radius 3 is 2.32 bits per heavy atom. The van der Waals surface area contributed by atoms with Gasteiger partial charge in [-0.1, -0.05) is 111 Å². The fourth-order valence-electron chi connectivity index (χ4n) is 10.3. The molecule has 0 radical (unpaired) electrons. The first-order chi connectivity index (χ1) is 28.5. The number of fused-ring (bicyclic) bond motifs is 3. The van der Waals surface area contributed by atoms with E-state index in [2.05, 4.69) is 30.9 Å². The lowest BCUT2D eigenvalue weighted by Crippen LogP contribution is -2.65. The summed E-state index contributed by atoms with van der Waals surface area (Å²) in [7, 11) is -7.09. The summed E-state index contributed by atoms with van der Waals surface area (Å²) in [5, 5.41) is 29.4. The molecule has 1 saturated carbocycles. The highest BCUT2D eigenvalue weighted by Gasteiger charge is 2.50. The highest BCUT2D eigenvalue weighted by atomic mass is 35.5. The molecule has 6 atom stereocenters. The van der Waals surface area contributed by atoms with Crippen LogP contribution >= 0.6 is 11.6 Å². The number of rotatable bonds is 15. The molecule has 2 aliphatic carbocycles. The topological polar surface area (TPSA) is 150 Å². The number of primary sulfonamides is 1. The minimum Gasteiger partial charge on any atom is -0.490 e. The third kappa shape index (κ3) is 9.27. The van der Waals surface area contributed by atoms with Crippen LogP contribution in [0.1, 0.15) is 80.8 Å². The van der Waals surface area contributed by atoms with Gasteiger partial charge in [-0.25, -0.2) is 18.4 Å². The molecule has 60 heavy (non-hydrogen) atoms. The molecule has 4 aromatic rings. The van der Waals surface area contributed by atoms with Crippen LogP contribution < -0.4 is 25.1 Å². The average Bonchev–Trinajstić information content (AvgIpc) is 3.35. The van der Waals surface area contributed by atoms with E-state index in [1.165, 1.54) is 11.1 Å². The van der Waals surface area contributed by atoms with Crippen molar-refractivity contribution in [3.8, 4) is 5.75 Å². The molecular formula is C48H59ClN2O7SSi. The summed E-state index contributed by atoms with van der Waals surface area (Å²) >= 11 is 6.45. The first kappa shape index (κ1) is 44.1. The van der Waals surface area contributed by atoms with Gasteiger partial charge in [0.2, 0.25) is 10.0 Å². The number of halogens is 1. The number of carboxylic acids is 1. The molecule has 0 saturated heterocycles. The van der Waals surface area contributed by atoms with Crippen molar-refractivity contribution in [2.24, 2.45) is 28.8 Å². The second-order valence-corrected chi connectivity index (χ2v) is 24.3. The third-order valence-corrected chi connectivity index (χ3v) is 19.7. The highest BCUT2D eigenvalue weighted by Crippen LogP contribution is 2.47. The predicted molar refractivity (Wildman–Crippen MR) is 243 cm³/mol. The minimum absolute atomic E-state index is 0.0516. The summed E-state index contributed by atoms with van der Waals surface area (Å²) in [6.45, 7) is 7.81. The Bertz CT molecular complexity index is 2250. The van der Waals surface area contributed by atoms with Crippen LogP contribution in [0.3, 0.4) is 0 Å². The number of carbonyl (C=O) groups is 1. The Balaban J connectivity index is 1.13. The summed E-state index contributed by atoms with van der Waals surface area (Å²) in [4.78, 5) is 27.3. The average molecular weight is 872 g/mol. The zero-order valence-corrected chi connectivity index (χ0v) is 37.4. The Morgan fingerprint density at radius 1 is 1.02 bits per heavy atom. The number of hydrogen-bond acceptors (Lipinski definition) is 7. The zero-order valence-electron chi connectivity index (χ0n) is 34.8. The number of aromatic carboxylic acids is 1. The number of aliphatic hydroxyl groups excluding tert-OH is 1. The quantitative estimate of drug-likeness (QED) is 0.0718. The maximum Gasteiger partial charge on any atom is 0.335 e. The monoisotopic (exact) mass is 870 g/mol. The van der Waals surface area contributed by atoms with Crippen molar-refractivity contribution in [3.63, 3.8) is 0 Å². The molecule has 0 amide bonds. The number of hydrogen-bond donors (Lipinski definition) is 4. The van der Waals surface area contributed by atoms with Crippen LogP contribution in [-0.2, 0) is 21.9 Å². The van der Waals surface area contributed by atoms with Gasteiger partial charge in [-0.2, -0.15) is 0 Å². The minimum atomic E-state index is -3.77. The highest BCUT2D eigenvalue weighted by molar-refractivity contribution is 7.89. The molecule has 3 aliphatic rings. The molecule has 12 heteroatoms. The Hall–Kier alpha value is -3.97. The maximum absolute atomic E-state index is 12.8. The van der Waals surface area contributed by atoms with Crippen LogP contribution in [-0.4, -0.2) is 69.3 Å². The molecule has 1 aliphatic heterocycles. The molecule has 7 rings (SSSR count). The van der Waals surface area contributed by atoms with Gasteiger partial charge in [0, 0.05) is 23.5 Å². The molecule has 0 unspecified atom stereocenters. The van der Waals surface area contributed by atoms with E-state index in [1.54, 1.807) is 18.2 Å². The van der Waals surface area contributed by atoms with Gasteiger partial charge in [0.15, 0.2) is 0 Å². The molecule has 0 aromatic heterocycles. The van der Waals surface area contributed by atoms with E-state index in [-0.39, 0.29) is 40.4 Å². The van der Waals surface area contributed by atoms with Crippen LogP contribution in [0.25, 0.3) is 0 Å². The molecule has 0 bridgehead atoms. The lowest BCUT2D eigenvalue weighted by Gasteiger charge is -2.45. The predicted octanol–water partition coefficient (Wildman–Crippen LogP) is 7.31. The van der Waals surface area contributed by atoms with Crippen molar-refractivity contribution in [1.82, 2.24) is 0 Å². The van der Waals surface area contributed by atoms with Crippen LogP contribution in [0.2, 0.25) is 10.1 Å². The Labute approximate surface area is 361 Å². The summed E-state index contributed by atoms with van der Waals surface area (Å²) in [5.74, 6) is -1.05. The SMILES string of the molecule is C[C@@H](CS(N)(=O)=O)[C@@H](/C=C/[C@H](O)[C@@H]1CC[C@H]1CN1C[C@@]2(CCCc3cc(Cl)ccc32)COc2ccc(C(=O)O)cc21)CCC(C)(C)[Si](O)(c1ccccc1)c1ccccc1. The summed E-state index contributed by atoms with van der Waals surface area (Å²) in [5.41, 5.74) is 3.06. The molecule has 320 valence electrons. The first-order valence-corrected chi connectivity index (χ1v) is 25.3. The van der Waals surface area contributed by atoms with Crippen LogP contribution in [0.5, 0.6) is 5.75 Å². The van der Waals surface area contributed by atoms with E-state index in [1.807, 2.05) is 85.8 Å². The van der Waals surface area contributed by atoms with Gasteiger partial charge in [-0.05, 0) is 125 Å². The van der Waals surface area contributed by atoms with Crippen LogP contribution in [0, 0.1) is 23.7 Å². The summed E-state index contributed by atoms with van der Waals surface area (Å²) in [6.07, 6.45) is 8.81. The van der Waals surface area contributed by atoms with Crippen LogP contribution in [0.15, 0.2) is 109 Å². The number of benzene rings is 4. The van der Waals surface area contributed by atoms with Gasteiger partial charge in [-0.15, -0.1) is 0 Å². The van der Waals surface area contributed by atoms with E-state index in [9.17, 15) is 28.2 Å². The molecule has 4 aromatic carbocycles. The molecule has 9 nitrogen and oxygen atoms in total. The second-order valence-electron chi connectivity index (χ2n) is 18.3. The van der Waals surface area contributed by atoms with Gasteiger partial charge in [0.1, 0.15) is 5.75 Å². The molecule has 1 spiro atoms. The van der Waals surface area contributed by atoms with Gasteiger partial charge >= 0.3 is 5.97 Å². The second kappa shape index (κ2) is 17.8. The number of nitrogens with zero attached hydrogens (tertiary/aromatic N) is 1. The number of anilines is 1. The number of sulfonamides is 1. The smallest absolute Gasteiger partial charge is 0.335 e. The lowest BCUT2D eigenvalue weighted by molar-refractivity contribution is 0.0453. The number of allylic oxidation sites excluding steroid dienone is 1. The van der Waals surface area contributed by atoms with Crippen LogP contribution in [0.4, 0.5) is 5.69 Å². The van der Waals surface area contributed by atoms with Gasteiger partial charge in [0.05, 0.1) is 29.7 Å². The molecule has 1 fully saturated rings. The Morgan fingerprint density at radius 2 is 1.70 bits per heavy atom. The normalized spacial score (nSPS) is 22.2. The summed E-state index contributed by atoms with van der Waals surface area (Å²) < 4.78 is 31.3. The number of aliphatic hydroxyl groups is 1. The van der Waals surface area contributed by atoms with E-state index >= 15 is 0 Å². The Kier molecular flexibility index (Phi) is 13.1. The fourth-order valence-corrected chi connectivity index (χ4v) is 15.2. The standard InChI is InChI=1S/C48H59ClN2O7SSi/c1-33(30-59(50,55)56)34(24-26-47(2,3)60(57,39-12-6-4-7-13-39)40-14-8-5-9-15-40)17-22-44(52)41-20-16-37(41)29-51-31-48(25-10-11-35-27-38(49)19-21-42(35)48)32-58-45-23-18-36(46(53)54)28-43(45)51/h4-9,12-15,17-19,21-23,27-28,33-34,37,41,44,52,57H,10-11,16,20,24-26,29-32H2,1-3H3,(H,53,54)(H2,50,55,56)/b22-17+/t33-,34-,37-,41+,44-,48-/m0/s1. The van der Waals surface area contributed by atoms with E-state index in [0.29, 0.717) is 43.3 Å². The van der Waals surface area contributed by atoms with Gasteiger partial charge in [0.25, 0.3) is 8.32 Å². The van der Waals surface area contributed by atoms with Crippen molar-refractivity contribution < 1.29 is 33.0 Å². The van der Waals surface area contributed by atoms with Crippen molar-refractivity contribution in [1.29, 1.82) is 0 Å². The number of carboxylic acid groups (broad SMARTS) is 1. The number of nitrogens with two attached hydrogens (primary N) is 1. The first-order valence-electron chi connectivity index (χ1n) is 21.2. The van der Waals surface area contributed by atoms with Gasteiger partial charge in [-0.3, -0.25) is 0 Å². The van der Waals surface area contributed by atoms with E-state index in [4.69, 9.17) is 21.5 Å². The van der Waals surface area contributed by atoms with Crippen molar-refractivity contribution in [2.75, 3.05) is 30.3 Å². The van der Waals surface area contributed by atoms with Gasteiger partial charge < -0.3 is 24.6 Å². The largest absolute Gasteiger partial charge is 0.490 e. The third-order valence-electron chi connectivity index (χ3n) is 13.9. The number of ether oxygens (including phenoxy) is 1. The van der Waals surface area contributed by atoms with E-state index < -0.39 is 35.5 Å². The maximum atomic E-state index is 12.8. The molecular weight excluding hydrogens is 812 g/mol. The zero-order chi connectivity index (χ0) is 42.9. The molecule has 1 heterocycles.